The Bertz CT molecular complexity index is 1140. The van der Waals surface area contributed by atoms with Crippen molar-refractivity contribution < 1.29 is 23.9 Å². The fourth-order valence-corrected chi connectivity index (χ4v) is 9.19. The smallest absolute Gasteiger partial charge is 0.326 e. The Labute approximate surface area is 178 Å². The Balaban J connectivity index is 1.45. The molecule has 3 fully saturated rings. The topological polar surface area (TPSA) is 121 Å². The minimum Gasteiger partial charge on any atom is -0.480 e. The first-order valence-electron chi connectivity index (χ1n) is 9.91. The molecule has 156 valence electrons. The normalized spacial score (nSPS) is 37.2. The summed E-state index contributed by atoms with van der Waals surface area (Å²) in [5.41, 5.74) is 0. The number of nitrogens with zero attached hydrogens (tertiary/aromatic N) is 1. The number of carbonyl (C=O) groups is 3. The van der Waals surface area contributed by atoms with Crippen LogP contribution in [0.2, 0.25) is 0 Å². The van der Waals surface area contributed by atoms with Gasteiger partial charge in [-0.05, 0) is 43.2 Å². The molecule has 1 saturated heterocycles. The zero-order valence-corrected chi connectivity index (χ0v) is 17.4. The molecule has 8 atom stereocenters. The van der Waals surface area contributed by atoms with Crippen LogP contribution in [0.5, 0.6) is 0 Å². The van der Waals surface area contributed by atoms with Crippen molar-refractivity contribution in [1.82, 2.24) is 9.88 Å². The number of amides is 2. The predicted molar refractivity (Wildman–Crippen MR) is 106 cm³/mol. The first kappa shape index (κ1) is 18.4. The number of H-pyrrole nitrogens is 1. The summed E-state index contributed by atoms with van der Waals surface area (Å²) >= 11 is 2.77. The van der Waals surface area contributed by atoms with Crippen molar-refractivity contribution in [2.45, 2.75) is 35.6 Å². The van der Waals surface area contributed by atoms with Crippen LogP contribution in [0.4, 0.5) is 0 Å². The summed E-state index contributed by atoms with van der Waals surface area (Å²) in [6.07, 6.45) is 2.37. The van der Waals surface area contributed by atoms with Crippen molar-refractivity contribution in [2.75, 3.05) is 0 Å². The van der Waals surface area contributed by atoms with Crippen molar-refractivity contribution in [3.8, 4) is 0 Å². The summed E-state index contributed by atoms with van der Waals surface area (Å²) in [5.74, 6) is -2.23. The zero-order chi connectivity index (χ0) is 20.9. The average Bonchev–Trinajstić information content (AvgIpc) is 3.48. The van der Waals surface area contributed by atoms with Crippen LogP contribution in [0.1, 0.15) is 29.9 Å². The van der Waals surface area contributed by atoms with Crippen molar-refractivity contribution in [3.63, 3.8) is 0 Å². The monoisotopic (exact) mass is 446 g/mol. The van der Waals surface area contributed by atoms with Crippen molar-refractivity contribution in [3.05, 3.63) is 38.7 Å². The van der Waals surface area contributed by atoms with Crippen LogP contribution in [0, 0.1) is 29.6 Å². The van der Waals surface area contributed by atoms with Gasteiger partial charge in [0.15, 0.2) is 0 Å². The number of nitrogens with one attached hydrogen (secondary N) is 1. The van der Waals surface area contributed by atoms with Crippen LogP contribution >= 0.6 is 23.1 Å². The van der Waals surface area contributed by atoms with E-state index in [-0.39, 0.29) is 45.6 Å². The van der Waals surface area contributed by atoms with Crippen molar-refractivity contribution in [1.29, 1.82) is 0 Å². The van der Waals surface area contributed by atoms with Crippen LogP contribution in [0.25, 0.3) is 0 Å². The second kappa shape index (κ2) is 6.10. The number of carboxylic acid groups (broad SMARTS) is 1. The molecule has 2 aromatic heterocycles. The Morgan fingerprint density at radius 2 is 2.00 bits per heavy atom. The lowest BCUT2D eigenvalue weighted by Gasteiger charge is -2.42. The molecule has 2 aromatic rings. The molecular weight excluding hydrogens is 428 g/mol. The number of aliphatic carboxylic acids is 1. The minimum absolute atomic E-state index is 0.0218. The molecular formula is C20H18N2O6S2. The third kappa shape index (κ3) is 2.18. The molecule has 4 heterocycles. The van der Waals surface area contributed by atoms with E-state index in [1.807, 2.05) is 12.1 Å². The van der Waals surface area contributed by atoms with E-state index in [2.05, 4.69) is 4.98 Å². The Hall–Kier alpha value is -2.33. The highest BCUT2D eigenvalue weighted by molar-refractivity contribution is 8.00. The third-order valence-electron chi connectivity index (χ3n) is 7.35. The molecule has 8 nitrogen and oxygen atoms in total. The van der Waals surface area contributed by atoms with Crippen LogP contribution in [0.3, 0.4) is 0 Å². The summed E-state index contributed by atoms with van der Waals surface area (Å²) < 4.78 is 5.75. The van der Waals surface area contributed by atoms with Gasteiger partial charge in [0.2, 0.25) is 11.8 Å². The molecule has 4 aliphatic rings. The van der Waals surface area contributed by atoms with Crippen LogP contribution < -0.4 is 4.87 Å². The van der Waals surface area contributed by atoms with Gasteiger partial charge in [-0.3, -0.25) is 19.3 Å². The fourth-order valence-electron chi connectivity index (χ4n) is 6.32. The molecule has 10 heteroatoms. The van der Waals surface area contributed by atoms with Gasteiger partial charge in [0.25, 0.3) is 0 Å². The number of carbonyl (C=O) groups excluding carboxylic acids is 2. The van der Waals surface area contributed by atoms with Crippen LogP contribution in [-0.2, 0) is 14.4 Å². The number of rotatable bonds is 3. The van der Waals surface area contributed by atoms with Gasteiger partial charge in [-0.25, -0.2) is 4.79 Å². The maximum absolute atomic E-state index is 13.2. The van der Waals surface area contributed by atoms with E-state index in [4.69, 9.17) is 4.42 Å². The number of thioether (sulfide) groups is 1. The number of fused-ring (bicyclic) bond motifs is 9. The molecule has 2 aliphatic carbocycles. The number of aromatic nitrogens is 1. The van der Waals surface area contributed by atoms with Gasteiger partial charge >= 0.3 is 10.8 Å². The number of aromatic amines is 1. The molecule has 2 saturated carbocycles. The molecule has 0 spiro atoms. The molecule has 0 radical (unpaired) electrons. The fraction of sp³-hybridized carbons (Fsp3) is 0.500. The SMILES string of the molecule is CC(C(=O)O)N1C(=O)C2C3CC(C2C1=O)C1C3Sc2[nH]c(=O)sc2[C@@H]1c1ccco1. The maximum Gasteiger partial charge on any atom is 0.326 e. The van der Waals surface area contributed by atoms with E-state index >= 15 is 0 Å². The van der Waals surface area contributed by atoms with E-state index in [0.29, 0.717) is 0 Å². The Morgan fingerprint density at radius 1 is 1.27 bits per heavy atom. The molecule has 2 amide bonds. The summed E-state index contributed by atoms with van der Waals surface area (Å²) in [6.45, 7) is 1.39. The number of hydrogen-bond donors (Lipinski definition) is 2. The van der Waals surface area contributed by atoms with E-state index in [1.54, 1.807) is 18.0 Å². The number of furan rings is 1. The summed E-state index contributed by atoms with van der Waals surface area (Å²) in [5, 5.41) is 10.3. The average molecular weight is 447 g/mol. The molecule has 30 heavy (non-hydrogen) atoms. The standard InChI is InChI=1S/C20H18N2O6S2/c1-6(19(25)26)22-17(23)11-7-5-8(12(11)18(22)24)14-10(7)13(9-3-2-4-28-9)15-16(29-14)21-20(27)30-15/h2-4,6-8,10-14H,5H2,1H3,(H,21,27)(H,25,26)/t6?,7?,8?,10?,11?,12?,13-,14?/m1/s1. The minimum atomic E-state index is -1.18. The van der Waals surface area contributed by atoms with Crippen molar-refractivity contribution >= 4 is 40.9 Å². The van der Waals surface area contributed by atoms with Crippen LogP contribution in [0.15, 0.2) is 32.6 Å². The van der Waals surface area contributed by atoms with E-state index < -0.39 is 23.8 Å². The summed E-state index contributed by atoms with van der Waals surface area (Å²) in [6, 6.07) is 2.55. The third-order valence-corrected chi connectivity index (χ3v) is 9.94. The van der Waals surface area contributed by atoms with Gasteiger partial charge in [-0.1, -0.05) is 11.3 Å². The summed E-state index contributed by atoms with van der Waals surface area (Å²) in [7, 11) is 0. The number of likely N-dealkylation sites (tertiary alicyclic amines) is 1. The van der Waals surface area contributed by atoms with Crippen LogP contribution in [-0.4, -0.2) is 44.1 Å². The second-order valence-corrected chi connectivity index (χ2v) is 10.7. The first-order chi connectivity index (χ1) is 14.4. The first-order valence-corrected chi connectivity index (χ1v) is 11.6. The maximum atomic E-state index is 13.2. The number of thiazole rings is 1. The molecule has 2 bridgehead atoms. The lowest BCUT2D eigenvalue weighted by Crippen LogP contribution is -2.44. The highest BCUT2D eigenvalue weighted by atomic mass is 32.2. The molecule has 2 aliphatic heterocycles. The predicted octanol–water partition coefficient (Wildman–Crippen LogP) is 1.98. The Kier molecular flexibility index (Phi) is 3.75. The molecule has 6 rings (SSSR count). The highest BCUT2D eigenvalue weighted by Gasteiger charge is 2.70. The number of hydrogen-bond acceptors (Lipinski definition) is 7. The summed E-state index contributed by atoms with van der Waals surface area (Å²) in [4.78, 5) is 54.6. The Morgan fingerprint density at radius 3 is 2.67 bits per heavy atom. The van der Waals surface area contributed by atoms with Gasteiger partial charge in [0.05, 0.1) is 33.9 Å². The second-order valence-electron chi connectivity index (χ2n) is 8.54. The van der Waals surface area contributed by atoms with Gasteiger partial charge in [-0.2, -0.15) is 0 Å². The zero-order valence-electron chi connectivity index (χ0n) is 15.8. The molecule has 2 N–H and O–H groups in total. The van der Waals surface area contributed by atoms with E-state index in [1.165, 1.54) is 18.3 Å². The highest BCUT2D eigenvalue weighted by Crippen LogP contribution is 2.68. The lowest BCUT2D eigenvalue weighted by molar-refractivity contribution is -0.154. The van der Waals surface area contributed by atoms with Crippen molar-refractivity contribution in [2.24, 2.45) is 29.6 Å². The van der Waals surface area contributed by atoms with Gasteiger partial charge in [0, 0.05) is 5.25 Å². The van der Waals surface area contributed by atoms with Gasteiger partial charge in [0.1, 0.15) is 11.8 Å². The lowest BCUT2D eigenvalue weighted by atomic mass is 9.69. The van der Waals surface area contributed by atoms with E-state index in [9.17, 15) is 24.3 Å². The molecule has 7 unspecified atom stereocenters. The van der Waals surface area contributed by atoms with Gasteiger partial charge < -0.3 is 14.5 Å². The molecule has 0 aromatic carbocycles. The quantitative estimate of drug-likeness (QED) is 0.692. The van der Waals surface area contributed by atoms with E-state index in [0.717, 1.165) is 27.0 Å². The largest absolute Gasteiger partial charge is 0.480 e. The number of imide groups is 1. The van der Waals surface area contributed by atoms with Gasteiger partial charge in [-0.15, -0.1) is 11.8 Å². The number of carboxylic acids is 1.